The van der Waals surface area contributed by atoms with Crippen molar-refractivity contribution in [2.75, 3.05) is 6.26 Å². The molecule has 6 nitrogen and oxygen atoms in total. The molecule has 2 aromatic heterocycles. The van der Waals surface area contributed by atoms with Crippen LogP contribution in [0.5, 0.6) is 0 Å². The molecule has 2 heterocycles. The van der Waals surface area contributed by atoms with E-state index in [1.165, 1.54) is 0 Å². The van der Waals surface area contributed by atoms with Gasteiger partial charge in [0.05, 0.1) is 16.8 Å². The quantitative estimate of drug-likeness (QED) is 0.367. The van der Waals surface area contributed by atoms with Gasteiger partial charge in [0.2, 0.25) is 5.78 Å². The second-order valence-corrected chi connectivity index (χ2v) is 7.65. The fourth-order valence-corrected chi connectivity index (χ4v) is 3.93. The van der Waals surface area contributed by atoms with Gasteiger partial charge in [0.25, 0.3) is 0 Å². The van der Waals surface area contributed by atoms with Crippen LogP contribution in [-0.4, -0.2) is 38.6 Å². The average Bonchev–Trinajstić information content (AvgIpc) is 3.29. The maximum absolute atomic E-state index is 12.8. The molecule has 0 saturated heterocycles. The van der Waals surface area contributed by atoms with Gasteiger partial charge in [-0.05, 0) is 31.4 Å². The van der Waals surface area contributed by atoms with E-state index in [0.29, 0.717) is 11.3 Å². The Morgan fingerprint density at radius 3 is 2.76 bits per heavy atom. The van der Waals surface area contributed by atoms with Gasteiger partial charge in [-0.25, -0.2) is 4.98 Å². The van der Waals surface area contributed by atoms with Crippen LogP contribution >= 0.6 is 11.8 Å². The van der Waals surface area contributed by atoms with Gasteiger partial charge < -0.3 is 14.3 Å². The van der Waals surface area contributed by atoms with Gasteiger partial charge in [-0.3, -0.25) is 9.59 Å². The van der Waals surface area contributed by atoms with Gasteiger partial charge in [0.1, 0.15) is 12.4 Å². The van der Waals surface area contributed by atoms with Gasteiger partial charge >= 0.3 is 5.97 Å². The van der Waals surface area contributed by atoms with Gasteiger partial charge in [-0.15, -0.1) is 0 Å². The second kappa shape index (κ2) is 8.13. The lowest BCUT2D eigenvalue weighted by atomic mass is 10.1. The van der Waals surface area contributed by atoms with Crippen LogP contribution in [0.2, 0.25) is 0 Å². The van der Waals surface area contributed by atoms with Crippen LogP contribution in [0.1, 0.15) is 23.1 Å². The minimum absolute atomic E-state index is 0.0158. The number of thioether (sulfide) groups is 1. The van der Waals surface area contributed by atoms with Crippen LogP contribution in [0.3, 0.4) is 0 Å². The first kappa shape index (κ1) is 19.3. The first-order valence-corrected chi connectivity index (χ1v) is 10.7. The highest BCUT2D eigenvalue weighted by atomic mass is 32.2. The van der Waals surface area contributed by atoms with Crippen molar-refractivity contribution < 1.29 is 14.3 Å². The predicted octanol–water partition coefficient (Wildman–Crippen LogP) is 4.20. The third-order valence-corrected chi connectivity index (χ3v) is 5.37. The third-order valence-electron chi connectivity index (χ3n) is 4.83. The molecule has 2 aromatic carbocycles. The number of fused-ring (bicyclic) bond motifs is 2. The number of hydrogen-bond donors (Lipinski definition) is 1. The number of ketones is 1. The number of carbonyl (C=O) groups is 2. The number of esters is 1. The Bertz CT molecular complexity index is 1190. The lowest BCUT2D eigenvalue weighted by Crippen LogP contribution is -2.26. The number of para-hydroxylation sites is 3. The molecule has 4 aromatic rings. The summed E-state index contributed by atoms with van der Waals surface area (Å²) in [7, 11) is 0. The Kier molecular flexibility index (Phi) is 5.40. The van der Waals surface area contributed by atoms with E-state index in [4.69, 9.17) is 4.74 Å². The molecule has 0 saturated carbocycles. The third kappa shape index (κ3) is 3.78. The number of benzene rings is 2. The predicted molar refractivity (Wildman–Crippen MR) is 115 cm³/mol. The maximum atomic E-state index is 12.8. The highest BCUT2D eigenvalue weighted by Crippen LogP contribution is 2.21. The monoisotopic (exact) mass is 407 g/mol. The molecule has 0 bridgehead atoms. The summed E-state index contributed by atoms with van der Waals surface area (Å²) in [6.45, 7) is 1.62. The largest absolute Gasteiger partial charge is 0.453 e. The number of imidazole rings is 1. The van der Waals surface area contributed by atoms with Crippen LogP contribution < -0.4 is 0 Å². The molecule has 29 heavy (non-hydrogen) atoms. The number of carbonyl (C=O) groups excluding carboxylic acids is 2. The van der Waals surface area contributed by atoms with E-state index in [0.717, 1.165) is 27.8 Å². The summed E-state index contributed by atoms with van der Waals surface area (Å²) >= 11 is 1.64. The summed E-state index contributed by atoms with van der Waals surface area (Å²) in [6, 6.07) is 15.2. The standard InChI is InChI=1S/C22H21N3O3S/c1-14(22(27)16-11-23-17-8-4-3-7-15(16)17)28-21(26)12-25-19-10-6-5-9-18(19)24-20(25)13-29-2/h3-11,14,23H,12-13H2,1-2H3/t14-/m1/s1. The first-order chi connectivity index (χ1) is 14.1. The van der Waals surface area contributed by atoms with Crippen molar-refractivity contribution in [3.63, 3.8) is 0 Å². The van der Waals surface area contributed by atoms with Gasteiger partial charge in [-0.1, -0.05) is 30.3 Å². The number of ether oxygens (including phenoxy) is 1. The lowest BCUT2D eigenvalue weighted by molar-refractivity contribution is -0.147. The minimum atomic E-state index is -0.875. The molecule has 0 radical (unpaired) electrons. The van der Waals surface area contributed by atoms with Crippen molar-refractivity contribution in [3.05, 3.63) is 66.1 Å². The number of nitrogens with zero attached hydrogens (tertiary/aromatic N) is 2. The van der Waals surface area contributed by atoms with E-state index in [9.17, 15) is 9.59 Å². The van der Waals surface area contributed by atoms with Crippen molar-refractivity contribution in [2.45, 2.75) is 25.3 Å². The van der Waals surface area contributed by atoms with Crippen LogP contribution in [0.4, 0.5) is 0 Å². The average molecular weight is 407 g/mol. The molecule has 1 atom stereocenters. The van der Waals surface area contributed by atoms with Crippen molar-refractivity contribution in [2.24, 2.45) is 0 Å². The first-order valence-electron chi connectivity index (χ1n) is 9.31. The highest BCUT2D eigenvalue weighted by Gasteiger charge is 2.23. The zero-order valence-electron chi connectivity index (χ0n) is 16.2. The maximum Gasteiger partial charge on any atom is 0.326 e. The van der Waals surface area contributed by atoms with Crippen LogP contribution in [0.25, 0.3) is 21.9 Å². The van der Waals surface area contributed by atoms with Gasteiger partial charge in [0, 0.05) is 22.7 Å². The fraction of sp³-hybridized carbons (Fsp3) is 0.227. The lowest BCUT2D eigenvalue weighted by Gasteiger charge is -2.13. The summed E-state index contributed by atoms with van der Waals surface area (Å²) in [5.41, 5.74) is 3.12. The number of aromatic amines is 1. The molecular formula is C22H21N3O3S. The van der Waals surface area contributed by atoms with E-state index >= 15 is 0 Å². The molecule has 0 fully saturated rings. The molecule has 0 aliphatic rings. The Morgan fingerprint density at radius 2 is 1.93 bits per heavy atom. The Morgan fingerprint density at radius 1 is 1.17 bits per heavy atom. The second-order valence-electron chi connectivity index (χ2n) is 6.78. The van der Waals surface area contributed by atoms with E-state index < -0.39 is 12.1 Å². The van der Waals surface area contributed by atoms with E-state index in [1.807, 2.05) is 59.4 Å². The van der Waals surface area contributed by atoms with E-state index in [2.05, 4.69) is 9.97 Å². The SMILES string of the molecule is CSCc1nc2ccccc2n1CC(=O)O[C@H](C)C(=O)c1c[nH]c2ccccc12. The molecule has 0 spiro atoms. The molecule has 7 heteroatoms. The van der Waals surface area contributed by atoms with Crippen molar-refractivity contribution >= 4 is 45.5 Å². The highest BCUT2D eigenvalue weighted by molar-refractivity contribution is 7.97. The normalized spacial score (nSPS) is 12.3. The number of aromatic nitrogens is 3. The van der Waals surface area contributed by atoms with Crippen molar-refractivity contribution in [1.82, 2.24) is 14.5 Å². The molecule has 148 valence electrons. The van der Waals surface area contributed by atoms with E-state index in [1.54, 1.807) is 24.9 Å². The molecular weight excluding hydrogens is 386 g/mol. The Labute approximate surface area is 172 Å². The number of nitrogens with one attached hydrogen (secondary N) is 1. The molecule has 0 unspecified atom stereocenters. The number of H-pyrrole nitrogens is 1. The smallest absolute Gasteiger partial charge is 0.326 e. The molecule has 0 amide bonds. The summed E-state index contributed by atoms with van der Waals surface area (Å²) in [6.07, 6.45) is 2.78. The van der Waals surface area contributed by atoms with Gasteiger partial charge in [0.15, 0.2) is 6.10 Å². The zero-order valence-corrected chi connectivity index (χ0v) is 17.0. The summed E-state index contributed by atoms with van der Waals surface area (Å²) in [5.74, 6) is 0.810. The summed E-state index contributed by atoms with van der Waals surface area (Å²) in [5, 5.41) is 0.822. The van der Waals surface area contributed by atoms with Crippen LogP contribution in [0, 0.1) is 0 Å². The number of Topliss-reactive ketones (excluding diaryl/α,β-unsaturated/α-hetero) is 1. The Hall–Kier alpha value is -3.06. The van der Waals surface area contributed by atoms with Crippen LogP contribution in [-0.2, 0) is 21.8 Å². The fourth-order valence-electron chi connectivity index (χ4n) is 3.45. The summed E-state index contributed by atoms with van der Waals surface area (Å²) < 4.78 is 7.34. The topological polar surface area (TPSA) is 77.0 Å². The minimum Gasteiger partial charge on any atom is -0.453 e. The summed E-state index contributed by atoms with van der Waals surface area (Å²) in [4.78, 5) is 33.1. The van der Waals surface area contributed by atoms with Gasteiger partial charge in [-0.2, -0.15) is 11.8 Å². The van der Waals surface area contributed by atoms with Crippen molar-refractivity contribution in [3.8, 4) is 0 Å². The number of hydrogen-bond acceptors (Lipinski definition) is 5. The van der Waals surface area contributed by atoms with E-state index in [-0.39, 0.29) is 12.3 Å². The molecule has 4 rings (SSSR count). The molecule has 1 N–H and O–H groups in total. The Balaban J connectivity index is 1.52. The van der Waals surface area contributed by atoms with Crippen LogP contribution in [0.15, 0.2) is 54.7 Å². The number of rotatable bonds is 7. The zero-order chi connectivity index (χ0) is 20.4. The molecule has 0 aliphatic carbocycles. The molecule has 0 aliphatic heterocycles. The van der Waals surface area contributed by atoms with Crippen molar-refractivity contribution in [1.29, 1.82) is 0 Å².